The van der Waals surface area contributed by atoms with Crippen LogP contribution >= 0.6 is 0 Å². The van der Waals surface area contributed by atoms with E-state index in [1.807, 2.05) is 30.3 Å². The third kappa shape index (κ3) is 5.77. The summed E-state index contributed by atoms with van der Waals surface area (Å²) in [6.07, 6.45) is 2.63. The first-order chi connectivity index (χ1) is 13.6. The summed E-state index contributed by atoms with van der Waals surface area (Å²) in [4.78, 5) is 4.13. The molecule has 2 aromatic carbocycles. The second-order valence-electron chi connectivity index (χ2n) is 9.29. The Morgan fingerprint density at radius 1 is 0.897 bits per heavy atom. The fraction of sp³-hybridized carbons (Fsp3) is 0.391. The lowest BCUT2D eigenvalue weighted by Crippen LogP contribution is -2.46. The van der Waals surface area contributed by atoms with Gasteiger partial charge in [0, 0.05) is 0 Å². The molecule has 0 bridgehead atoms. The van der Waals surface area contributed by atoms with Gasteiger partial charge in [0.05, 0.1) is 0 Å². The summed E-state index contributed by atoms with van der Waals surface area (Å²) in [5, 5.41) is 4.36. The Labute approximate surface area is 174 Å². The molecule has 0 aliphatic rings. The normalized spacial score (nSPS) is 14.4. The van der Waals surface area contributed by atoms with Crippen molar-refractivity contribution < 1.29 is 9.16 Å². The van der Waals surface area contributed by atoms with Crippen molar-refractivity contribution in [2.24, 2.45) is 5.41 Å². The summed E-state index contributed by atoms with van der Waals surface area (Å²) in [7, 11) is -1.82. The molecule has 154 valence electrons. The minimum absolute atomic E-state index is 0.138. The first-order valence-electron chi connectivity index (χ1n) is 9.97. The molecule has 0 N–H and O–H groups in total. The molecular weight excluding hydrogens is 378 g/mol. The van der Waals surface area contributed by atoms with Gasteiger partial charge in [-0.3, -0.25) is 0 Å². The molecule has 0 saturated carbocycles. The van der Waals surface area contributed by atoms with Gasteiger partial charge in [0.15, 0.2) is 8.32 Å². The zero-order valence-corrected chi connectivity index (χ0v) is 19.2. The zero-order valence-electron chi connectivity index (χ0n) is 18.2. The molecule has 0 fully saturated rings. The first kappa shape index (κ1) is 21.3. The van der Waals surface area contributed by atoms with Gasteiger partial charge >= 0.3 is 0 Å². The van der Waals surface area contributed by atoms with Crippen LogP contribution < -0.4 is 4.74 Å². The van der Waals surface area contributed by atoms with E-state index in [2.05, 4.69) is 74.8 Å². The average molecular weight is 410 g/mol. The van der Waals surface area contributed by atoms with Gasteiger partial charge < -0.3 is 9.16 Å². The second-order valence-corrected chi connectivity index (χ2v) is 13.8. The molecule has 5 nitrogen and oxygen atoms in total. The molecular formula is C23H31N3O2Si. The molecule has 29 heavy (non-hydrogen) atoms. The second kappa shape index (κ2) is 8.51. The van der Waals surface area contributed by atoms with Gasteiger partial charge in [-0.1, -0.05) is 63.2 Å². The number of rotatable bonds is 7. The fourth-order valence-corrected chi connectivity index (χ4v) is 4.37. The fourth-order valence-electron chi connectivity index (χ4n) is 3.14. The number of benzene rings is 2. The van der Waals surface area contributed by atoms with Crippen molar-refractivity contribution in [3.8, 4) is 16.9 Å². The number of hydrogen-bond acceptors (Lipinski definition) is 4. The summed E-state index contributed by atoms with van der Waals surface area (Å²) in [5.74, 6) is 0.776. The molecule has 2 atom stereocenters. The number of aromatic nitrogens is 3. The summed E-state index contributed by atoms with van der Waals surface area (Å²) in [6, 6.07) is 18.5. The van der Waals surface area contributed by atoms with Gasteiger partial charge in [-0.2, -0.15) is 5.10 Å². The van der Waals surface area contributed by atoms with Crippen LogP contribution in [0.3, 0.4) is 0 Å². The Hall–Kier alpha value is -2.44. The maximum Gasteiger partial charge on any atom is 0.218 e. The van der Waals surface area contributed by atoms with Gasteiger partial charge in [-0.05, 0) is 48.3 Å². The van der Waals surface area contributed by atoms with E-state index in [1.54, 1.807) is 11.0 Å². The van der Waals surface area contributed by atoms with Crippen molar-refractivity contribution in [1.82, 2.24) is 14.8 Å². The van der Waals surface area contributed by atoms with Gasteiger partial charge in [-0.25, -0.2) is 9.67 Å². The highest BCUT2D eigenvalue weighted by molar-refractivity contribution is 6.69. The average Bonchev–Trinajstić information content (AvgIpc) is 3.19. The molecule has 2 unspecified atom stereocenters. The summed E-state index contributed by atoms with van der Waals surface area (Å²) < 4.78 is 14.8. The molecule has 1 aromatic heterocycles. The van der Waals surface area contributed by atoms with Crippen molar-refractivity contribution in [3.05, 3.63) is 67.3 Å². The summed E-state index contributed by atoms with van der Waals surface area (Å²) in [5.41, 5.74) is 2.20. The SMILES string of the molecule is CC(C)(C)C(O[Si](C)(C)C)C(Oc1ccc(-c2ccccc2)cc1)n1cncn1. The standard InChI is InChI=1S/C23H31N3O2Si/c1-23(2,3)21(28-29(4,5)6)22(26-17-24-16-25-26)27-20-14-12-19(13-15-20)18-10-8-7-9-11-18/h7-17,21-22H,1-6H3. The minimum atomic E-state index is -1.82. The van der Waals surface area contributed by atoms with E-state index in [1.165, 1.54) is 11.9 Å². The molecule has 0 aliphatic heterocycles. The maximum absolute atomic E-state index is 6.58. The highest BCUT2D eigenvalue weighted by Gasteiger charge is 2.39. The Bertz CT molecular complexity index is 883. The van der Waals surface area contributed by atoms with Crippen molar-refractivity contribution >= 4 is 8.32 Å². The molecule has 3 rings (SSSR count). The predicted octanol–water partition coefficient (Wildman–Crippen LogP) is 5.79. The molecule has 0 saturated heterocycles. The minimum Gasteiger partial charge on any atom is -0.466 e. The third-order valence-electron chi connectivity index (χ3n) is 4.51. The molecule has 3 aromatic rings. The molecule has 1 heterocycles. The molecule has 6 heteroatoms. The van der Waals surface area contributed by atoms with Crippen LogP contribution in [0, 0.1) is 5.41 Å². The molecule has 0 aliphatic carbocycles. The van der Waals surface area contributed by atoms with E-state index in [0.717, 1.165) is 11.3 Å². The van der Waals surface area contributed by atoms with E-state index in [-0.39, 0.29) is 11.5 Å². The smallest absolute Gasteiger partial charge is 0.218 e. The zero-order chi connectivity index (χ0) is 21.1. The maximum atomic E-state index is 6.58. The Kier molecular flexibility index (Phi) is 6.24. The van der Waals surface area contributed by atoms with Crippen LogP contribution in [0.1, 0.15) is 27.0 Å². The van der Waals surface area contributed by atoms with Crippen LogP contribution in [0.5, 0.6) is 5.75 Å². The van der Waals surface area contributed by atoms with Crippen molar-refractivity contribution in [1.29, 1.82) is 0 Å². The first-order valence-corrected chi connectivity index (χ1v) is 13.4. The Balaban J connectivity index is 1.90. The Morgan fingerprint density at radius 3 is 2.03 bits per heavy atom. The predicted molar refractivity (Wildman–Crippen MR) is 119 cm³/mol. The molecule has 0 amide bonds. The number of hydrogen-bond donors (Lipinski definition) is 0. The highest BCUT2D eigenvalue weighted by Crippen LogP contribution is 2.35. The monoisotopic (exact) mass is 409 g/mol. The van der Waals surface area contributed by atoms with Crippen LogP contribution in [0.4, 0.5) is 0 Å². The molecule has 0 spiro atoms. The highest BCUT2D eigenvalue weighted by atomic mass is 28.4. The van der Waals surface area contributed by atoms with Gasteiger partial charge in [0.2, 0.25) is 6.23 Å². The number of nitrogens with zero attached hydrogens (tertiary/aromatic N) is 3. The van der Waals surface area contributed by atoms with E-state index in [4.69, 9.17) is 9.16 Å². The van der Waals surface area contributed by atoms with Crippen molar-refractivity contribution in [2.45, 2.75) is 52.7 Å². The lowest BCUT2D eigenvalue weighted by atomic mass is 9.88. The van der Waals surface area contributed by atoms with E-state index >= 15 is 0 Å². The van der Waals surface area contributed by atoms with Crippen LogP contribution in [0.2, 0.25) is 19.6 Å². The van der Waals surface area contributed by atoms with E-state index in [0.29, 0.717) is 0 Å². The molecule has 0 radical (unpaired) electrons. The summed E-state index contributed by atoms with van der Waals surface area (Å²) >= 11 is 0. The van der Waals surface area contributed by atoms with Crippen molar-refractivity contribution in [2.75, 3.05) is 0 Å². The quantitative estimate of drug-likeness (QED) is 0.464. The number of ether oxygens (including phenoxy) is 1. The Morgan fingerprint density at radius 2 is 1.52 bits per heavy atom. The van der Waals surface area contributed by atoms with Crippen LogP contribution in [-0.4, -0.2) is 29.2 Å². The van der Waals surface area contributed by atoms with E-state index < -0.39 is 14.5 Å². The van der Waals surface area contributed by atoms with Crippen LogP contribution in [-0.2, 0) is 4.43 Å². The topological polar surface area (TPSA) is 49.2 Å². The van der Waals surface area contributed by atoms with Gasteiger partial charge in [0.1, 0.15) is 24.5 Å². The van der Waals surface area contributed by atoms with Crippen LogP contribution in [0.15, 0.2) is 67.3 Å². The lowest BCUT2D eigenvalue weighted by molar-refractivity contribution is -0.0620. The van der Waals surface area contributed by atoms with Gasteiger partial charge in [0.25, 0.3) is 0 Å². The van der Waals surface area contributed by atoms with Gasteiger partial charge in [-0.15, -0.1) is 0 Å². The van der Waals surface area contributed by atoms with Crippen LogP contribution in [0.25, 0.3) is 11.1 Å². The summed E-state index contributed by atoms with van der Waals surface area (Å²) in [6.45, 7) is 13.1. The van der Waals surface area contributed by atoms with Crippen molar-refractivity contribution in [3.63, 3.8) is 0 Å². The lowest BCUT2D eigenvalue weighted by Gasteiger charge is -2.40. The third-order valence-corrected chi connectivity index (χ3v) is 5.47. The van der Waals surface area contributed by atoms with E-state index in [9.17, 15) is 0 Å². The largest absolute Gasteiger partial charge is 0.466 e.